The average Bonchev–Trinajstić information content (AvgIpc) is 2.93. The SMILES string of the molecule is Cc1ccc(-n2cc(-c3ccccc3)cn2)cc1Cl. The molecule has 1 aromatic heterocycles. The molecule has 2 nitrogen and oxygen atoms in total. The van der Waals surface area contributed by atoms with Crippen LogP contribution in [0.4, 0.5) is 0 Å². The normalized spacial score (nSPS) is 10.6. The minimum absolute atomic E-state index is 0.759. The van der Waals surface area contributed by atoms with Gasteiger partial charge < -0.3 is 0 Å². The van der Waals surface area contributed by atoms with Crippen molar-refractivity contribution in [2.75, 3.05) is 0 Å². The summed E-state index contributed by atoms with van der Waals surface area (Å²) in [5.41, 5.74) is 4.29. The highest BCUT2D eigenvalue weighted by Crippen LogP contribution is 2.22. The Bertz CT molecular complexity index is 702. The second kappa shape index (κ2) is 4.90. The van der Waals surface area contributed by atoms with Crippen LogP contribution in [-0.4, -0.2) is 9.78 Å². The van der Waals surface area contributed by atoms with Crippen LogP contribution in [0.2, 0.25) is 5.02 Å². The van der Waals surface area contributed by atoms with E-state index in [9.17, 15) is 0 Å². The molecule has 0 unspecified atom stereocenters. The lowest BCUT2D eigenvalue weighted by atomic mass is 10.1. The highest BCUT2D eigenvalue weighted by Gasteiger charge is 2.04. The van der Waals surface area contributed by atoms with Gasteiger partial charge in [-0.05, 0) is 30.2 Å². The Morgan fingerprint density at radius 3 is 2.53 bits per heavy atom. The fraction of sp³-hybridized carbons (Fsp3) is 0.0625. The maximum atomic E-state index is 6.15. The molecule has 0 aliphatic carbocycles. The summed E-state index contributed by atoms with van der Waals surface area (Å²) in [5, 5.41) is 5.15. The van der Waals surface area contributed by atoms with Crippen LogP contribution in [0.3, 0.4) is 0 Å². The van der Waals surface area contributed by atoms with Crippen LogP contribution in [-0.2, 0) is 0 Å². The fourth-order valence-electron chi connectivity index (χ4n) is 1.97. The molecule has 3 aromatic rings. The van der Waals surface area contributed by atoms with E-state index in [0.717, 1.165) is 27.4 Å². The number of halogens is 1. The summed E-state index contributed by atoms with van der Waals surface area (Å²) in [7, 11) is 0. The Morgan fingerprint density at radius 1 is 1.00 bits per heavy atom. The van der Waals surface area contributed by atoms with E-state index in [4.69, 9.17) is 11.6 Å². The summed E-state index contributed by atoms with van der Waals surface area (Å²) in [6.45, 7) is 1.99. The summed E-state index contributed by atoms with van der Waals surface area (Å²) < 4.78 is 1.84. The molecule has 3 heteroatoms. The quantitative estimate of drug-likeness (QED) is 0.669. The molecule has 0 atom stereocenters. The van der Waals surface area contributed by atoms with E-state index in [1.54, 1.807) is 0 Å². The first-order chi connectivity index (χ1) is 9.24. The monoisotopic (exact) mass is 268 g/mol. The maximum Gasteiger partial charge on any atom is 0.0660 e. The zero-order valence-electron chi connectivity index (χ0n) is 10.5. The average molecular weight is 269 g/mol. The van der Waals surface area contributed by atoms with Gasteiger partial charge >= 0.3 is 0 Å². The van der Waals surface area contributed by atoms with Crippen molar-refractivity contribution in [3.8, 4) is 16.8 Å². The van der Waals surface area contributed by atoms with Crippen molar-refractivity contribution in [3.63, 3.8) is 0 Å². The lowest BCUT2D eigenvalue weighted by Crippen LogP contribution is -1.94. The van der Waals surface area contributed by atoms with Gasteiger partial charge in [0.15, 0.2) is 0 Å². The summed E-state index contributed by atoms with van der Waals surface area (Å²) in [4.78, 5) is 0. The molecule has 19 heavy (non-hydrogen) atoms. The third-order valence-corrected chi connectivity index (χ3v) is 3.52. The highest BCUT2D eigenvalue weighted by atomic mass is 35.5. The Kier molecular flexibility index (Phi) is 3.10. The number of hydrogen-bond donors (Lipinski definition) is 0. The zero-order valence-corrected chi connectivity index (χ0v) is 11.3. The molecule has 1 heterocycles. The third kappa shape index (κ3) is 2.40. The van der Waals surface area contributed by atoms with Gasteiger partial charge in [0.1, 0.15) is 0 Å². The van der Waals surface area contributed by atoms with Crippen LogP contribution >= 0.6 is 11.6 Å². The predicted molar refractivity (Wildman–Crippen MR) is 78.7 cm³/mol. The molecular weight excluding hydrogens is 256 g/mol. The van der Waals surface area contributed by atoms with Gasteiger partial charge in [-0.2, -0.15) is 5.10 Å². The molecule has 0 N–H and O–H groups in total. The predicted octanol–water partition coefficient (Wildman–Crippen LogP) is 4.50. The zero-order chi connectivity index (χ0) is 13.2. The van der Waals surface area contributed by atoms with E-state index >= 15 is 0 Å². The number of aromatic nitrogens is 2. The van der Waals surface area contributed by atoms with Gasteiger partial charge in [0, 0.05) is 16.8 Å². The summed E-state index contributed by atoms with van der Waals surface area (Å²) in [6.07, 6.45) is 3.87. The minimum atomic E-state index is 0.759. The van der Waals surface area contributed by atoms with Gasteiger partial charge in [0.2, 0.25) is 0 Å². The van der Waals surface area contributed by atoms with Crippen molar-refractivity contribution in [2.45, 2.75) is 6.92 Å². The molecule has 0 spiro atoms. The van der Waals surface area contributed by atoms with Crippen molar-refractivity contribution in [2.24, 2.45) is 0 Å². The van der Waals surface area contributed by atoms with E-state index in [-0.39, 0.29) is 0 Å². The molecule has 0 amide bonds. The van der Waals surface area contributed by atoms with Crippen LogP contribution in [0.1, 0.15) is 5.56 Å². The molecule has 0 aliphatic rings. The van der Waals surface area contributed by atoms with E-state index < -0.39 is 0 Å². The first-order valence-electron chi connectivity index (χ1n) is 6.11. The van der Waals surface area contributed by atoms with Crippen molar-refractivity contribution in [1.82, 2.24) is 9.78 Å². The first kappa shape index (κ1) is 12.0. The standard InChI is InChI=1S/C16H13ClN2/c1-12-7-8-15(9-16(12)17)19-11-14(10-18-19)13-5-3-2-4-6-13/h2-11H,1H3. The Labute approximate surface area is 117 Å². The smallest absolute Gasteiger partial charge is 0.0660 e. The van der Waals surface area contributed by atoms with Gasteiger partial charge in [0.25, 0.3) is 0 Å². The van der Waals surface area contributed by atoms with Gasteiger partial charge in [-0.15, -0.1) is 0 Å². The number of nitrogens with zero attached hydrogens (tertiary/aromatic N) is 2. The van der Waals surface area contributed by atoms with Crippen molar-refractivity contribution < 1.29 is 0 Å². The minimum Gasteiger partial charge on any atom is -0.240 e. The Balaban J connectivity index is 1.99. The third-order valence-electron chi connectivity index (χ3n) is 3.11. The number of aryl methyl sites for hydroxylation is 1. The maximum absolute atomic E-state index is 6.15. The van der Waals surface area contributed by atoms with Gasteiger partial charge in [-0.1, -0.05) is 48.0 Å². The molecule has 2 aromatic carbocycles. The van der Waals surface area contributed by atoms with Gasteiger partial charge in [0.05, 0.1) is 11.9 Å². The Morgan fingerprint density at radius 2 is 1.79 bits per heavy atom. The molecule has 3 rings (SSSR count). The topological polar surface area (TPSA) is 17.8 Å². The van der Waals surface area contributed by atoms with Crippen molar-refractivity contribution in [1.29, 1.82) is 0 Å². The lowest BCUT2D eigenvalue weighted by molar-refractivity contribution is 0.880. The number of rotatable bonds is 2. The lowest BCUT2D eigenvalue weighted by Gasteiger charge is -2.03. The molecular formula is C16H13ClN2. The van der Waals surface area contributed by atoms with Crippen molar-refractivity contribution in [3.05, 3.63) is 71.5 Å². The van der Waals surface area contributed by atoms with Crippen molar-refractivity contribution >= 4 is 11.6 Å². The highest BCUT2D eigenvalue weighted by molar-refractivity contribution is 6.31. The van der Waals surface area contributed by atoms with Crippen LogP contribution in [0.15, 0.2) is 60.9 Å². The molecule has 0 fully saturated rings. The van der Waals surface area contributed by atoms with E-state index in [1.165, 1.54) is 0 Å². The second-order valence-electron chi connectivity index (χ2n) is 4.47. The van der Waals surface area contributed by atoms with Crippen LogP contribution < -0.4 is 0 Å². The molecule has 0 aliphatic heterocycles. The second-order valence-corrected chi connectivity index (χ2v) is 4.88. The van der Waals surface area contributed by atoms with E-state index in [0.29, 0.717) is 0 Å². The number of hydrogen-bond acceptors (Lipinski definition) is 1. The number of benzene rings is 2. The first-order valence-corrected chi connectivity index (χ1v) is 6.48. The van der Waals surface area contributed by atoms with Crippen LogP contribution in [0, 0.1) is 6.92 Å². The molecule has 0 saturated carbocycles. The molecule has 0 bridgehead atoms. The molecule has 0 radical (unpaired) electrons. The summed E-state index contributed by atoms with van der Waals surface area (Å²) in [5.74, 6) is 0. The Hall–Kier alpha value is -2.06. The van der Waals surface area contributed by atoms with Gasteiger partial charge in [-0.25, -0.2) is 4.68 Å². The van der Waals surface area contributed by atoms with E-state index in [1.807, 2.05) is 60.4 Å². The summed E-state index contributed by atoms with van der Waals surface area (Å²) >= 11 is 6.15. The molecule has 94 valence electrons. The summed E-state index contributed by atoms with van der Waals surface area (Å²) in [6, 6.07) is 16.1. The van der Waals surface area contributed by atoms with Crippen LogP contribution in [0.25, 0.3) is 16.8 Å². The largest absolute Gasteiger partial charge is 0.240 e. The fourth-order valence-corrected chi connectivity index (χ4v) is 2.14. The van der Waals surface area contributed by atoms with Gasteiger partial charge in [-0.3, -0.25) is 0 Å². The van der Waals surface area contributed by atoms with Crippen LogP contribution in [0.5, 0.6) is 0 Å². The van der Waals surface area contributed by atoms with E-state index in [2.05, 4.69) is 17.2 Å². The molecule has 0 saturated heterocycles.